The Morgan fingerprint density at radius 1 is 1.26 bits per heavy atom. The van der Waals surface area contributed by atoms with Gasteiger partial charge in [-0.3, -0.25) is 14.3 Å². The van der Waals surface area contributed by atoms with E-state index in [1.807, 2.05) is 54.8 Å². The van der Waals surface area contributed by atoms with Crippen molar-refractivity contribution in [1.82, 2.24) is 15.3 Å². The van der Waals surface area contributed by atoms with Crippen molar-refractivity contribution in [3.05, 3.63) is 65.2 Å². The Bertz CT molecular complexity index is 767. The van der Waals surface area contributed by atoms with E-state index < -0.39 is 0 Å². The average Bonchev–Trinajstić information content (AvgIpc) is 3.22. The largest absolute Gasteiger partial charge is 0.278 e. The van der Waals surface area contributed by atoms with Gasteiger partial charge in [0, 0.05) is 6.20 Å². The van der Waals surface area contributed by atoms with Gasteiger partial charge in [0.25, 0.3) is 5.91 Å². The molecule has 0 fully saturated rings. The zero-order valence-electron chi connectivity index (χ0n) is 12.7. The molecule has 0 unspecified atom stereocenters. The molecule has 0 atom stereocenters. The van der Waals surface area contributed by atoms with Crippen molar-refractivity contribution in [2.75, 3.05) is 6.61 Å². The van der Waals surface area contributed by atoms with Gasteiger partial charge >= 0.3 is 0 Å². The molecule has 1 N–H and O–H groups in total. The molecule has 0 saturated heterocycles. The summed E-state index contributed by atoms with van der Waals surface area (Å²) < 4.78 is 1.78. The fraction of sp³-hybridized carbons (Fsp3) is 0.176. The molecule has 0 saturated carbocycles. The molecule has 0 aliphatic rings. The Morgan fingerprint density at radius 2 is 2.09 bits per heavy atom. The van der Waals surface area contributed by atoms with Crippen LogP contribution < -0.4 is 5.48 Å². The molecule has 6 heteroatoms. The molecule has 0 spiro atoms. The number of thiophene rings is 1. The third-order valence-corrected chi connectivity index (χ3v) is 4.13. The summed E-state index contributed by atoms with van der Waals surface area (Å²) in [7, 11) is 0. The van der Waals surface area contributed by atoms with E-state index in [2.05, 4.69) is 10.6 Å². The van der Waals surface area contributed by atoms with Crippen LogP contribution in [-0.4, -0.2) is 22.3 Å². The molecule has 3 aromatic rings. The van der Waals surface area contributed by atoms with Crippen LogP contribution in [0.1, 0.15) is 22.8 Å². The lowest BCUT2D eigenvalue weighted by Gasteiger charge is -2.02. The number of hydrogen-bond acceptors (Lipinski definition) is 4. The van der Waals surface area contributed by atoms with Gasteiger partial charge in [-0.25, -0.2) is 5.48 Å². The maximum atomic E-state index is 12.3. The lowest BCUT2D eigenvalue weighted by Crippen LogP contribution is -2.23. The van der Waals surface area contributed by atoms with E-state index in [-0.39, 0.29) is 5.91 Å². The second-order valence-corrected chi connectivity index (χ2v) is 5.86. The molecule has 118 valence electrons. The van der Waals surface area contributed by atoms with Crippen LogP contribution in [0.15, 0.2) is 54.0 Å². The second-order valence-electron chi connectivity index (χ2n) is 4.92. The molecule has 0 aliphatic carbocycles. The predicted molar refractivity (Wildman–Crippen MR) is 90.2 cm³/mol. The highest BCUT2D eigenvalue weighted by Crippen LogP contribution is 2.27. The molecule has 0 aliphatic heterocycles. The van der Waals surface area contributed by atoms with Gasteiger partial charge in [0.15, 0.2) is 0 Å². The fourth-order valence-electron chi connectivity index (χ4n) is 2.23. The van der Waals surface area contributed by atoms with E-state index in [0.29, 0.717) is 24.4 Å². The number of hydroxylamine groups is 1. The van der Waals surface area contributed by atoms with Gasteiger partial charge < -0.3 is 0 Å². The first-order valence-corrected chi connectivity index (χ1v) is 8.23. The molecule has 23 heavy (non-hydrogen) atoms. The average molecular weight is 327 g/mol. The van der Waals surface area contributed by atoms with E-state index in [9.17, 15) is 4.79 Å². The van der Waals surface area contributed by atoms with Crippen LogP contribution in [0.3, 0.4) is 0 Å². The molecule has 2 aromatic heterocycles. The van der Waals surface area contributed by atoms with Gasteiger partial charge in [-0.05, 0) is 23.9 Å². The zero-order chi connectivity index (χ0) is 16.1. The monoisotopic (exact) mass is 327 g/mol. The van der Waals surface area contributed by atoms with Crippen LogP contribution in [0.2, 0.25) is 0 Å². The molecule has 5 nitrogen and oxygen atoms in total. The topological polar surface area (TPSA) is 56.1 Å². The van der Waals surface area contributed by atoms with Crippen LogP contribution >= 0.6 is 11.3 Å². The molecule has 0 radical (unpaired) electrons. The van der Waals surface area contributed by atoms with E-state index >= 15 is 0 Å². The number of carbonyl (C=O) groups excluding carboxylic acids is 1. The van der Waals surface area contributed by atoms with E-state index in [0.717, 1.165) is 10.4 Å². The van der Waals surface area contributed by atoms with Crippen molar-refractivity contribution in [1.29, 1.82) is 0 Å². The summed E-state index contributed by atoms with van der Waals surface area (Å²) in [5, 5.41) is 6.56. The van der Waals surface area contributed by atoms with Crippen LogP contribution in [0.4, 0.5) is 0 Å². The molecular weight excluding hydrogens is 310 g/mol. The SMILES string of the molecule is CCONC(=O)c1cn(Cc2ccccc2)nc1-c1cccs1. The third kappa shape index (κ3) is 3.67. The minimum absolute atomic E-state index is 0.283. The van der Waals surface area contributed by atoms with Gasteiger partial charge in [-0.1, -0.05) is 36.4 Å². The van der Waals surface area contributed by atoms with Crippen molar-refractivity contribution in [3.63, 3.8) is 0 Å². The maximum Gasteiger partial charge on any atom is 0.278 e. The summed E-state index contributed by atoms with van der Waals surface area (Å²) in [5.74, 6) is -0.283. The number of carbonyl (C=O) groups is 1. The Morgan fingerprint density at radius 3 is 2.78 bits per heavy atom. The first-order valence-electron chi connectivity index (χ1n) is 7.35. The number of amides is 1. The number of benzene rings is 1. The quantitative estimate of drug-likeness (QED) is 0.707. The minimum atomic E-state index is -0.283. The third-order valence-electron chi connectivity index (χ3n) is 3.26. The highest BCUT2D eigenvalue weighted by atomic mass is 32.1. The highest BCUT2D eigenvalue weighted by molar-refractivity contribution is 7.13. The maximum absolute atomic E-state index is 12.3. The number of hydrogen-bond donors (Lipinski definition) is 1. The smallest absolute Gasteiger partial charge is 0.274 e. The zero-order valence-corrected chi connectivity index (χ0v) is 13.5. The lowest BCUT2D eigenvalue weighted by molar-refractivity contribution is 0.0365. The Kier molecular flexibility index (Phi) is 4.85. The van der Waals surface area contributed by atoms with E-state index in [1.54, 1.807) is 22.2 Å². The van der Waals surface area contributed by atoms with Crippen molar-refractivity contribution in [2.24, 2.45) is 0 Å². The molecule has 3 rings (SSSR count). The molecular formula is C17H17N3O2S. The number of aromatic nitrogens is 2. The number of nitrogens with one attached hydrogen (secondary N) is 1. The van der Waals surface area contributed by atoms with Crippen molar-refractivity contribution < 1.29 is 9.63 Å². The number of rotatable bonds is 6. The summed E-state index contributed by atoms with van der Waals surface area (Å²) in [5.41, 5.74) is 4.75. The highest BCUT2D eigenvalue weighted by Gasteiger charge is 2.18. The van der Waals surface area contributed by atoms with Crippen LogP contribution in [0.25, 0.3) is 10.6 Å². The van der Waals surface area contributed by atoms with Gasteiger partial charge in [0.1, 0.15) is 5.69 Å². The summed E-state index contributed by atoms with van der Waals surface area (Å²) in [4.78, 5) is 18.3. The van der Waals surface area contributed by atoms with Crippen LogP contribution in [0.5, 0.6) is 0 Å². The van der Waals surface area contributed by atoms with Crippen molar-refractivity contribution in [3.8, 4) is 10.6 Å². The summed E-state index contributed by atoms with van der Waals surface area (Å²) in [6.07, 6.45) is 1.76. The molecule has 2 heterocycles. The number of nitrogens with zero attached hydrogens (tertiary/aromatic N) is 2. The van der Waals surface area contributed by atoms with E-state index in [4.69, 9.17) is 4.84 Å². The Balaban J connectivity index is 1.92. The van der Waals surface area contributed by atoms with E-state index in [1.165, 1.54) is 0 Å². The Hall–Kier alpha value is -2.44. The first-order chi connectivity index (χ1) is 11.3. The van der Waals surface area contributed by atoms with Crippen LogP contribution in [0, 0.1) is 0 Å². The molecule has 0 bridgehead atoms. The second kappa shape index (κ2) is 7.21. The fourth-order valence-corrected chi connectivity index (χ4v) is 2.95. The van der Waals surface area contributed by atoms with Gasteiger partial charge in [0.2, 0.25) is 0 Å². The predicted octanol–water partition coefficient (Wildman–Crippen LogP) is 3.34. The summed E-state index contributed by atoms with van der Waals surface area (Å²) in [6, 6.07) is 13.9. The normalized spacial score (nSPS) is 10.7. The summed E-state index contributed by atoms with van der Waals surface area (Å²) >= 11 is 1.55. The summed E-state index contributed by atoms with van der Waals surface area (Å²) in [6.45, 7) is 2.85. The molecule has 1 aromatic carbocycles. The standard InChI is InChI=1S/C17H17N3O2S/c1-2-22-19-17(21)14-12-20(11-13-7-4-3-5-8-13)18-16(14)15-9-6-10-23-15/h3-10,12H,2,11H2,1H3,(H,19,21). The van der Waals surface area contributed by atoms with Gasteiger partial charge in [0.05, 0.1) is 23.6 Å². The van der Waals surface area contributed by atoms with Crippen molar-refractivity contribution >= 4 is 17.2 Å². The van der Waals surface area contributed by atoms with Gasteiger partial charge in [-0.2, -0.15) is 5.10 Å². The first kappa shape index (κ1) is 15.5. The van der Waals surface area contributed by atoms with Gasteiger partial charge in [-0.15, -0.1) is 11.3 Å². The Labute approximate surface area is 138 Å². The van der Waals surface area contributed by atoms with Crippen LogP contribution in [-0.2, 0) is 11.4 Å². The molecule has 1 amide bonds. The lowest BCUT2D eigenvalue weighted by atomic mass is 10.2. The minimum Gasteiger partial charge on any atom is -0.274 e. The van der Waals surface area contributed by atoms with Crippen molar-refractivity contribution in [2.45, 2.75) is 13.5 Å².